The molecule has 8 aromatic carbocycles. The first-order chi connectivity index (χ1) is 31.0. The molecule has 6 heteroatoms. The van der Waals surface area contributed by atoms with E-state index in [0.29, 0.717) is 0 Å². The fourth-order valence-corrected chi connectivity index (χ4v) is 11.9. The highest BCUT2D eigenvalue weighted by Crippen LogP contribution is 2.56. The normalized spacial score (nSPS) is 13.7. The lowest BCUT2D eigenvalue weighted by atomic mass is 9.43. The van der Waals surface area contributed by atoms with Gasteiger partial charge in [0.1, 0.15) is 16.7 Å². The number of rotatable bonds is 3. The maximum absolute atomic E-state index is 7.10. The van der Waals surface area contributed by atoms with Crippen molar-refractivity contribution in [1.82, 2.24) is 0 Å². The minimum Gasteiger partial charge on any atom is -0.456 e. The zero-order valence-electron chi connectivity index (χ0n) is 36.8. The van der Waals surface area contributed by atoms with E-state index in [0.717, 1.165) is 72.2 Å². The summed E-state index contributed by atoms with van der Waals surface area (Å²) in [5.74, 6) is 0. The first kappa shape index (κ1) is 37.5. The molecule has 5 heterocycles. The molecule has 2 aliphatic heterocycles. The Morgan fingerprint density at radius 3 is 1.91 bits per heavy atom. The molecule has 64 heavy (non-hydrogen) atoms. The molecule has 4 nitrogen and oxygen atoms in total. The first-order valence-electron chi connectivity index (χ1n) is 22.4. The first-order valence-corrected chi connectivity index (χ1v) is 23.2. The van der Waals surface area contributed by atoms with Crippen molar-refractivity contribution in [3.8, 4) is 22.3 Å². The molecule has 0 saturated carbocycles. The molecule has 0 amide bonds. The van der Waals surface area contributed by atoms with Crippen molar-refractivity contribution in [1.29, 1.82) is 0 Å². The predicted octanol–water partition coefficient (Wildman–Crippen LogP) is 15.7. The second kappa shape index (κ2) is 13.3. The average molecular weight is 845 g/mol. The van der Waals surface area contributed by atoms with Crippen LogP contribution in [0.2, 0.25) is 0 Å². The Balaban J connectivity index is 1.23. The van der Waals surface area contributed by atoms with Crippen LogP contribution in [-0.2, 0) is 10.8 Å². The van der Waals surface area contributed by atoms with Crippen molar-refractivity contribution in [2.45, 2.75) is 52.4 Å². The van der Waals surface area contributed by atoms with Crippen LogP contribution in [0, 0.1) is 0 Å². The summed E-state index contributed by atoms with van der Waals surface area (Å²) in [6.45, 7) is 13.6. The Hall–Kier alpha value is -7.02. The van der Waals surface area contributed by atoms with Gasteiger partial charge in [-0.15, -0.1) is 11.3 Å². The van der Waals surface area contributed by atoms with Gasteiger partial charge in [-0.1, -0.05) is 151 Å². The van der Waals surface area contributed by atoms with Crippen LogP contribution >= 0.6 is 11.3 Å². The molecule has 0 atom stereocenters. The lowest BCUT2D eigenvalue weighted by molar-refractivity contribution is 0.590. The van der Waals surface area contributed by atoms with Crippen LogP contribution < -0.4 is 20.6 Å². The summed E-state index contributed by atoms with van der Waals surface area (Å²) in [6, 6.07) is 60.3. The van der Waals surface area contributed by atoms with E-state index in [2.05, 4.69) is 215 Å². The van der Waals surface area contributed by atoms with Crippen LogP contribution in [-0.4, -0.2) is 6.85 Å². The van der Waals surface area contributed by atoms with Crippen LogP contribution in [0.25, 0.3) is 76.2 Å². The van der Waals surface area contributed by atoms with Crippen LogP contribution in [0.1, 0.15) is 52.7 Å². The third kappa shape index (κ3) is 5.29. The molecule has 0 unspecified atom stereocenters. The van der Waals surface area contributed by atoms with E-state index < -0.39 is 0 Å². The molecular weight excluding hydrogens is 800 g/mol. The van der Waals surface area contributed by atoms with Gasteiger partial charge in [0.05, 0.1) is 16.4 Å². The number of furan rings is 2. The highest BCUT2D eigenvalue weighted by Gasteiger charge is 2.49. The standard InChI is InChI=1S/C58H45BN2O2S/c1-57(2,3)35-24-27-37(28-25-35)61-54-42(30-29-39-38-18-10-13-21-46(38)63-55(39)54)51-50-40-19-11-14-22-47(40)62-48(50)33-45-53(51)59(61)52-41-20-12-15-23-49(41)64-56(52)60(45)44-31-26-36(58(4,5)6)32-43(44)34-16-8-7-9-17-34/h7-33H,1-6H3. The molecule has 0 aliphatic carbocycles. The summed E-state index contributed by atoms with van der Waals surface area (Å²) in [7, 11) is 0. The summed E-state index contributed by atoms with van der Waals surface area (Å²) >= 11 is 1.88. The molecule has 0 radical (unpaired) electrons. The molecule has 0 N–H and O–H groups in total. The summed E-state index contributed by atoms with van der Waals surface area (Å²) in [5.41, 5.74) is 17.8. The number of benzene rings is 8. The Kier molecular flexibility index (Phi) is 7.78. The summed E-state index contributed by atoms with van der Waals surface area (Å²) in [4.78, 5) is 5.19. The minimum atomic E-state index is -0.216. The number of nitrogens with zero attached hydrogens (tertiary/aromatic N) is 2. The van der Waals surface area contributed by atoms with Crippen molar-refractivity contribution in [2.24, 2.45) is 0 Å². The SMILES string of the molecule is CC(C)(C)c1ccc(N2B3c4c(cc5oc6ccccc6c5c4-c4ccc5c(oc6ccccc65)c42)N(c2ccc(C(C)(C)C)cc2-c2ccccc2)c2sc4ccccc4c23)cc1. The molecule has 11 aromatic rings. The Bertz CT molecular complexity index is 3710. The van der Waals surface area contributed by atoms with Gasteiger partial charge < -0.3 is 18.5 Å². The van der Waals surface area contributed by atoms with Gasteiger partial charge in [0.15, 0.2) is 5.58 Å². The fraction of sp³-hybridized carbons (Fsp3) is 0.138. The summed E-state index contributed by atoms with van der Waals surface area (Å²) in [5, 5.41) is 6.93. The number of hydrogen-bond acceptors (Lipinski definition) is 5. The largest absolute Gasteiger partial charge is 0.456 e. The molecular formula is C58H45BN2O2S. The number of fused-ring (bicyclic) bond motifs is 14. The zero-order chi connectivity index (χ0) is 43.2. The van der Waals surface area contributed by atoms with Gasteiger partial charge in [-0.05, 0) is 97.9 Å². The summed E-state index contributed by atoms with van der Waals surface area (Å²) in [6.07, 6.45) is 0. The molecule has 2 aliphatic rings. The number of para-hydroxylation sites is 2. The van der Waals surface area contributed by atoms with Gasteiger partial charge in [-0.25, -0.2) is 0 Å². The van der Waals surface area contributed by atoms with E-state index in [9.17, 15) is 0 Å². The molecule has 13 rings (SSSR count). The van der Waals surface area contributed by atoms with E-state index in [-0.39, 0.29) is 17.7 Å². The van der Waals surface area contributed by atoms with Crippen LogP contribution in [0.5, 0.6) is 0 Å². The molecule has 0 saturated heterocycles. The van der Waals surface area contributed by atoms with Gasteiger partial charge in [0.2, 0.25) is 0 Å². The lowest BCUT2D eigenvalue weighted by Gasteiger charge is -2.45. The lowest BCUT2D eigenvalue weighted by Crippen LogP contribution is -2.61. The smallest absolute Gasteiger partial charge is 0.334 e. The highest BCUT2D eigenvalue weighted by molar-refractivity contribution is 7.26. The number of anilines is 5. The Labute approximate surface area is 377 Å². The fourth-order valence-electron chi connectivity index (χ4n) is 10.7. The maximum Gasteiger partial charge on any atom is 0.334 e. The van der Waals surface area contributed by atoms with Gasteiger partial charge in [-0.2, -0.15) is 0 Å². The second-order valence-corrected chi connectivity index (χ2v) is 20.7. The Morgan fingerprint density at radius 2 is 1.16 bits per heavy atom. The third-order valence-electron chi connectivity index (χ3n) is 13.8. The number of thiophene rings is 1. The van der Waals surface area contributed by atoms with E-state index in [1.807, 2.05) is 11.3 Å². The topological polar surface area (TPSA) is 32.8 Å². The van der Waals surface area contributed by atoms with Crippen molar-refractivity contribution < 1.29 is 8.83 Å². The third-order valence-corrected chi connectivity index (χ3v) is 15.0. The quantitative estimate of drug-likeness (QED) is 0.166. The molecule has 0 bridgehead atoms. The molecule has 3 aromatic heterocycles. The average Bonchev–Trinajstić information content (AvgIpc) is 4.00. The Morgan fingerprint density at radius 1 is 0.500 bits per heavy atom. The van der Waals surface area contributed by atoms with Gasteiger partial charge in [-0.3, -0.25) is 0 Å². The minimum absolute atomic E-state index is 0.000872. The highest BCUT2D eigenvalue weighted by atomic mass is 32.1. The van der Waals surface area contributed by atoms with E-state index in [1.54, 1.807) is 0 Å². The van der Waals surface area contributed by atoms with Gasteiger partial charge in [0.25, 0.3) is 0 Å². The zero-order valence-corrected chi connectivity index (χ0v) is 37.6. The monoisotopic (exact) mass is 844 g/mol. The van der Waals surface area contributed by atoms with Crippen molar-refractivity contribution in [3.05, 3.63) is 175 Å². The molecule has 308 valence electrons. The van der Waals surface area contributed by atoms with E-state index in [1.165, 1.54) is 53.8 Å². The number of hydrogen-bond donors (Lipinski definition) is 0. The van der Waals surface area contributed by atoms with Crippen molar-refractivity contribution in [2.75, 3.05) is 9.71 Å². The summed E-state index contributed by atoms with van der Waals surface area (Å²) < 4.78 is 15.3. The van der Waals surface area contributed by atoms with E-state index in [4.69, 9.17) is 8.83 Å². The molecule has 0 fully saturated rings. The van der Waals surface area contributed by atoms with Crippen molar-refractivity contribution >= 4 is 111 Å². The van der Waals surface area contributed by atoms with Crippen LogP contribution in [0.3, 0.4) is 0 Å². The van der Waals surface area contributed by atoms with E-state index >= 15 is 0 Å². The maximum atomic E-state index is 7.10. The van der Waals surface area contributed by atoms with Crippen molar-refractivity contribution in [3.63, 3.8) is 0 Å². The van der Waals surface area contributed by atoms with Gasteiger partial charge >= 0.3 is 6.85 Å². The predicted molar refractivity (Wildman–Crippen MR) is 273 cm³/mol. The van der Waals surface area contributed by atoms with Crippen LogP contribution in [0.4, 0.5) is 27.8 Å². The second-order valence-electron chi connectivity index (χ2n) is 19.7. The van der Waals surface area contributed by atoms with Gasteiger partial charge in [0, 0.05) is 54.8 Å². The van der Waals surface area contributed by atoms with Crippen LogP contribution in [0.15, 0.2) is 173 Å². The molecule has 0 spiro atoms.